The summed E-state index contributed by atoms with van der Waals surface area (Å²) in [7, 11) is 0. The van der Waals surface area contributed by atoms with Gasteiger partial charge in [0.1, 0.15) is 5.75 Å². The monoisotopic (exact) mass is 286 g/mol. The van der Waals surface area contributed by atoms with Gasteiger partial charge in [0.15, 0.2) is 6.61 Å². The van der Waals surface area contributed by atoms with E-state index < -0.39 is 0 Å². The lowest BCUT2D eigenvalue weighted by Crippen LogP contribution is -2.22. The van der Waals surface area contributed by atoms with Crippen LogP contribution in [0, 0.1) is 20.8 Å². The molecule has 1 aromatic carbocycles. The average molecular weight is 286 g/mol. The van der Waals surface area contributed by atoms with E-state index in [4.69, 9.17) is 4.74 Å². The molecule has 112 valence electrons. The third-order valence-corrected chi connectivity index (χ3v) is 3.78. The van der Waals surface area contributed by atoms with Gasteiger partial charge in [-0.3, -0.25) is 4.79 Å². The summed E-state index contributed by atoms with van der Waals surface area (Å²) in [6.45, 7) is 9.97. The Bertz CT molecular complexity index is 657. The number of hydrogen-bond acceptors (Lipinski definition) is 3. The van der Waals surface area contributed by atoms with Crippen LogP contribution < -0.4 is 4.74 Å². The maximum absolute atomic E-state index is 12.3. The van der Waals surface area contributed by atoms with E-state index in [-0.39, 0.29) is 12.5 Å². The number of nitrogens with zero attached hydrogens (tertiary/aromatic N) is 2. The lowest BCUT2D eigenvalue weighted by atomic mass is 10.0. The molecule has 0 bridgehead atoms. The molecule has 0 atom stereocenters. The number of aryl methyl sites for hydroxylation is 1. The van der Waals surface area contributed by atoms with Crippen molar-refractivity contribution in [2.45, 2.75) is 40.5 Å². The molecule has 21 heavy (non-hydrogen) atoms. The van der Waals surface area contributed by atoms with Crippen LogP contribution in [-0.2, 0) is 0 Å². The highest BCUT2D eigenvalue weighted by Gasteiger charge is 2.15. The van der Waals surface area contributed by atoms with Crippen LogP contribution >= 0.6 is 0 Å². The van der Waals surface area contributed by atoms with Gasteiger partial charge in [0.05, 0.1) is 5.69 Å². The van der Waals surface area contributed by atoms with E-state index >= 15 is 0 Å². The Kier molecular flexibility index (Phi) is 4.46. The molecule has 2 aromatic rings. The van der Waals surface area contributed by atoms with Crippen molar-refractivity contribution in [3.8, 4) is 5.75 Å². The zero-order valence-corrected chi connectivity index (χ0v) is 13.3. The van der Waals surface area contributed by atoms with Crippen molar-refractivity contribution >= 4 is 5.91 Å². The van der Waals surface area contributed by atoms with Gasteiger partial charge in [-0.05, 0) is 43.9 Å². The van der Waals surface area contributed by atoms with E-state index in [1.54, 1.807) is 0 Å². The van der Waals surface area contributed by atoms with Crippen molar-refractivity contribution in [1.82, 2.24) is 9.78 Å². The van der Waals surface area contributed by atoms with Gasteiger partial charge in [-0.2, -0.15) is 5.10 Å². The number of hydrogen-bond donors (Lipinski definition) is 0. The van der Waals surface area contributed by atoms with E-state index in [2.05, 4.69) is 18.9 Å². The summed E-state index contributed by atoms with van der Waals surface area (Å²) in [6.07, 6.45) is 0. The Morgan fingerprint density at radius 3 is 2.48 bits per heavy atom. The summed E-state index contributed by atoms with van der Waals surface area (Å²) < 4.78 is 7.14. The Labute approximate surface area is 125 Å². The molecule has 0 fully saturated rings. The van der Waals surface area contributed by atoms with Crippen molar-refractivity contribution in [2.24, 2.45) is 0 Å². The molecule has 0 radical (unpaired) electrons. The number of benzene rings is 1. The molecule has 2 rings (SSSR count). The quantitative estimate of drug-likeness (QED) is 0.861. The third-order valence-electron chi connectivity index (χ3n) is 3.78. The van der Waals surface area contributed by atoms with E-state index in [1.807, 2.05) is 45.0 Å². The van der Waals surface area contributed by atoms with Crippen molar-refractivity contribution in [1.29, 1.82) is 0 Å². The highest BCUT2D eigenvalue weighted by Crippen LogP contribution is 2.25. The summed E-state index contributed by atoms with van der Waals surface area (Å²) >= 11 is 0. The molecule has 0 unspecified atom stereocenters. The Morgan fingerprint density at radius 2 is 1.90 bits per heavy atom. The van der Waals surface area contributed by atoms with Crippen LogP contribution in [0.3, 0.4) is 0 Å². The van der Waals surface area contributed by atoms with Crippen molar-refractivity contribution in [2.75, 3.05) is 6.61 Å². The average Bonchev–Trinajstić information content (AvgIpc) is 2.72. The molecule has 0 aliphatic heterocycles. The first-order valence-corrected chi connectivity index (χ1v) is 7.19. The second kappa shape index (κ2) is 6.12. The van der Waals surface area contributed by atoms with Crippen LogP contribution in [0.5, 0.6) is 5.75 Å². The fourth-order valence-electron chi connectivity index (χ4n) is 2.25. The maximum Gasteiger partial charge on any atom is 0.284 e. The molecule has 1 aromatic heterocycles. The first kappa shape index (κ1) is 15.3. The van der Waals surface area contributed by atoms with Crippen LogP contribution in [0.2, 0.25) is 0 Å². The van der Waals surface area contributed by atoms with Crippen LogP contribution in [0.1, 0.15) is 47.1 Å². The number of aromatic nitrogens is 2. The predicted molar refractivity (Wildman–Crippen MR) is 83.1 cm³/mol. The molecule has 1 heterocycles. The van der Waals surface area contributed by atoms with Crippen LogP contribution in [0.15, 0.2) is 24.3 Å². The third kappa shape index (κ3) is 3.15. The molecule has 0 saturated carbocycles. The van der Waals surface area contributed by atoms with Gasteiger partial charge in [-0.15, -0.1) is 0 Å². The van der Waals surface area contributed by atoms with E-state index in [9.17, 15) is 4.79 Å². The lowest BCUT2D eigenvalue weighted by Gasteiger charge is -2.13. The highest BCUT2D eigenvalue weighted by atomic mass is 16.5. The van der Waals surface area contributed by atoms with Gasteiger partial charge >= 0.3 is 0 Å². The second-order valence-corrected chi connectivity index (χ2v) is 5.58. The first-order valence-electron chi connectivity index (χ1n) is 7.19. The largest absolute Gasteiger partial charge is 0.483 e. The number of carbonyl (C=O) groups is 1. The molecule has 0 aliphatic rings. The summed E-state index contributed by atoms with van der Waals surface area (Å²) in [4.78, 5) is 12.3. The van der Waals surface area contributed by atoms with Crippen LogP contribution in [-0.4, -0.2) is 22.3 Å². The van der Waals surface area contributed by atoms with Crippen LogP contribution in [0.4, 0.5) is 0 Å². The van der Waals surface area contributed by atoms with E-state index in [1.165, 1.54) is 4.68 Å². The topological polar surface area (TPSA) is 44.1 Å². The minimum Gasteiger partial charge on any atom is -0.483 e. The standard InChI is InChI=1S/C17H22N2O2/c1-11(2)15-8-6-7-9-16(15)21-10-17(20)19-14(5)12(3)13(4)18-19/h6-9,11H,10H2,1-5H3. The molecular weight excluding hydrogens is 264 g/mol. The maximum atomic E-state index is 12.3. The SMILES string of the molecule is Cc1nn(C(=O)COc2ccccc2C(C)C)c(C)c1C. The normalized spacial score (nSPS) is 11.0. The smallest absolute Gasteiger partial charge is 0.284 e. The van der Waals surface area contributed by atoms with Crippen molar-refractivity contribution < 1.29 is 9.53 Å². The lowest BCUT2D eigenvalue weighted by molar-refractivity contribution is 0.0817. The van der Waals surface area contributed by atoms with Crippen molar-refractivity contribution in [3.05, 3.63) is 46.8 Å². The molecule has 0 aliphatic carbocycles. The molecule has 4 heteroatoms. The van der Waals surface area contributed by atoms with Crippen molar-refractivity contribution in [3.63, 3.8) is 0 Å². The molecule has 0 spiro atoms. The zero-order valence-electron chi connectivity index (χ0n) is 13.3. The highest BCUT2D eigenvalue weighted by molar-refractivity contribution is 5.80. The van der Waals surface area contributed by atoms with Gasteiger partial charge in [0.25, 0.3) is 5.91 Å². The number of ether oxygens (including phenoxy) is 1. The minimum atomic E-state index is -0.151. The molecule has 0 saturated heterocycles. The van der Waals surface area contributed by atoms with Gasteiger partial charge < -0.3 is 4.74 Å². The molecule has 0 N–H and O–H groups in total. The fraction of sp³-hybridized carbons (Fsp3) is 0.412. The van der Waals surface area contributed by atoms with E-state index in [0.29, 0.717) is 5.92 Å². The summed E-state index contributed by atoms with van der Waals surface area (Å²) in [5, 5.41) is 4.27. The summed E-state index contributed by atoms with van der Waals surface area (Å²) in [6, 6.07) is 7.82. The number of para-hydroxylation sites is 1. The minimum absolute atomic E-state index is 0.00880. The molecule has 0 amide bonds. The fourth-order valence-corrected chi connectivity index (χ4v) is 2.25. The Morgan fingerprint density at radius 1 is 1.24 bits per heavy atom. The van der Waals surface area contributed by atoms with E-state index in [0.717, 1.165) is 28.3 Å². The predicted octanol–water partition coefficient (Wildman–Crippen LogP) is 3.65. The van der Waals surface area contributed by atoms with Gasteiger partial charge in [0.2, 0.25) is 0 Å². The van der Waals surface area contributed by atoms with Gasteiger partial charge in [-0.25, -0.2) is 4.68 Å². The van der Waals surface area contributed by atoms with Gasteiger partial charge in [0, 0.05) is 5.69 Å². The van der Waals surface area contributed by atoms with Gasteiger partial charge in [-0.1, -0.05) is 32.0 Å². The first-order chi connectivity index (χ1) is 9.91. The van der Waals surface area contributed by atoms with Crippen LogP contribution in [0.25, 0.3) is 0 Å². The summed E-state index contributed by atoms with van der Waals surface area (Å²) in [5.41, 5.74) is 3.91. The number of rotatable bonds is 4. The summed E-state index contributed by atoms with van der Waals surface area (Å²) in [5.74, 6) is 0.966. The number of carbonyl (C=O) groups excluding carboxylic acids is 1. The molecular formula is C17H22N2O2. The zero-order chi connectivity index (χ0) is 15.6. The Balaban J connectivity index is 2.13. The Hall–Kier alpha value is -2.10. The second-order valence-electron chi connectivity index (χ2n) is 5.58. The molecule has 4 nitrogen and oxygen atoms in total.